The highest BCUT2D eigenvalue weighted by atomic mass is 16.5. The maximum absolute atomic E-state index is 13.3. The van der Waals surface area contributed by atoms with E-state index in [2.05, 4.69) is 9.97 Å². The number of ether oxygens (including phenoxy) is 1. The summed E-state index contributed by atoms with van der Waals surface area (Å²) in [7, 11) is 1.30. The van der Waals surface area contributed by atoms with E-state index in [0.29, 0.717) is 23.1 Å². The number of H-pyrrole nitrogens is 1. The number of esters is 1. The Morgan fingerprint density at radius 2 is 1.81 bits per heavy atom. The number of benzene rings is 2. The molecule has 1 saturated heterocycles. The number of carbonyl (C=O) groups is 3. The monoisotopic (exact) mass is 495 g/mol. The number of nitrogens with one attached hydrogen (secondary N) is 1. The minimum atomic E-state index is -0.836. The van der Waals surface area contributed by atoms with Crippen molar-refractivity contribution in [3.05, 3.63) is 107 Å². The van der Waals surface area contributed by atoms with Gasteiger partial charge in [-0.2, -0.15) is 0 Å². The number of nitrogens with zero attached hydrogens (tertiary/aromatic N) is 2. The number of ketones is 1. The molecule has 2 aromatic carbocycles. The number of aryl methyl sites for hydroxylation is 1. The maximum atomic E-state index is 13.3. The van der Waals surface area contributed by atoms with Crippen LogP contribution in [-0.2, 0) is 20.7 Å². The summed E-state index contributed by atoms with van der Waals surface area (Å²) in [5.41, 5.74) is 4.31. The first-order chi connectivity index (χ1) is 17.9. The molecule has 0 saturated carbocycles. The average Bonchev–Trinajstić information content (AvgIpc) is 3.39. The molecule has 5 rings (SSSR count). The van der Waals surface area contributed by atoms with Crippen LogP contribution in [0.3, 0.4) is 0 Å². The smallest absolute Gasteiger partial charge is 0.337 e. The molecule has 37 heavy (non-hydrogen) atoms. The summed E-state index contributed by atoms with van der Waals surface area (Å²) in [6, 6.07) is 16.9. The molecule has 8 nitrogen and oxygen atoms in total. The van der Waals surface area contributed by atoms with Gasteiger partial charge in [0.1, 0.15) is 5.76 Å². The van der Waals surface area contributed by atoms with Crippen LogP contribution in [0.25, 0.3) is 16.7 Å². The van der Waals surface area contributed by atoms with Gasteiger partial charge in [0, 0.05) is 41.1 Å². The second-order valence-corrected chi connectivity index (χ2v) is 8.87. The van der Waals surface area contributed by atoms with E-state index in [4.69, 9.17) is 4.74 Å². The van der Waals surface area contributed by atoms with E-state index in [0.717, 1.165) is 22.2 Å². The zero-order chi connectivity index (χ0) is 26.1. The topological polar surface area (TPSA) is 113 Å². The van der Waals surface area contributed by atoms with Crippen LogP contribution in [0, 0.1) is 6.92 Å². The number of hydrogen-bond donors (Lipinski definition) is 2. The second kappa shape index (κ2) is 9.73. The van der Waals surface area contributed by atoms with Gasteiger partial charge in [-0.25, -0.2) is 4.79 Å². The number of Topliss-reactive ketones (excluding diaryl/α,β-unsaturated/α-hetero) is 1. The van der Waals surface area contributed by atoms with Crippen LogP contribution >= 0.6 is 0 Å². The van der Waals surface area contributed by atoms with Crippen LogP contribution in [0.5, 0.6) is 0 Å². The van der Waals surface area contributed by atoms with Gasteiger partial charge >= 0.3 is 5.97 Å². The third-order valence-corrected chi connectivity index (χ3v) is 6.75. The molecule has 1 unspecified atom stereocenters. The van der Waals surface area contributed by atoms with Gasteiger partial charge in [0.15, 0.2) is 0 Å². The number of methoxy groups -OCH3 is 1. The number of fused-ring (bicyclic) bond motifs is 1. The Balaban J connectivity index is 1.57. The van der Waals surface area contributed by atoms with E-state index in [1.54, 1.807) is 42.6 Å². The molecule has 1 atom stereocenters. The predicted molar refractivity (Wildman–Crippen MR) is 138 cm³/mol. The number of amides is 1. The zero-order valence-electron chi connectivity index (χ0n) is 20.4. The number of pyridine rings is 1. The summed E-state index contributed by atoms with van der Waals surface area (Å²) in [6.07, 6.45) is 3.50. The Hall–Kier alpha value is -4.72. The number of aromatic amines is 1. The normalized spacial score (nSPS) is 16.9. The summed E-state index contributed by atoms with van der Waals surface area (Å²) in [5.74, 6) is -2.24. The van der Waals surface area contributed by atoms with E-state index in [1.807, 2.05) is 31.2 Å². The maximum Gasteiger partial charge on any atom is 0.337 e. The number of hydrogen-bond acceptors (Lipinski definition) is 6. The summed E-state index contributed by atoms with van der Waals surface area (Å²) < 4.78 is 4.78. The Labute approximate surface area is 213 Å². The molecule has 0 radical (unpaired) electrons. The number of aliphatic hydroxyl groups is 1. The van der Waals surface area contributed by atoms with E-state index in [1.165, 1.54) is 18.2 Å². The second-order valence-electron chi connectivity index (χ2n) is 8.87. The van der Waals surface area contributed by atoms with Crippen molar-refractivity contribution in [1.82, 2.24) is 14.9 Å². The van der Waals surface area contributed by atoms with Crippen LogP contribution in [0.15, 0.2) is 78.6 Å². The van der Waals surface area contributed by atoms with Gasteiger partial charge in [-0.05, 0) is 54.8 Å². The average molecular weight is 496 g/mol. The van der Waals surface area contributed by atoms with Crippen molar-refractivity contribution < 1.29 is 24.2 Å². The Morgan fingerprint density at radius 3 is 2.51 bits per heavy atom. The van der Waals surface area contributed by atoms with Crippen molar-refractivity contribution in [3.63, 3.8) is 0 Å². The van der Waals surface area contributed by atoms with Crippen LogP contribution in [-0.4, -0.2) is 51.3 Å². The number of carbonyl (C=O) groups excluding carboxylic acids is 3. The van der Waals surface area contributed by atoms with Crippen LogP contribution in [0.1, 0.15) is 38.8 Å². The summed E-state index contributed by atoms with van der Waals surface area (Å²) in [4.78, 5) is 47.4. The third kappa shape index (κ3) is 4.27. The third-order valence-electron chi connectivity index (χ3n) is 6.75. The fourth-order valence-electron chi connectivity index (χ4n) is 4.92. The quantitative estimate of drug-likeness (QED) is 0.178. The van der Waals surface area contributed by atoms with Gasteiger partial charge in [0.2, 0.25) is 0 Å². The van der Waals surface area contributed by atoms with Crippen molar-refractivity contribution in [2.45, 2.75) is 19.4 Å². The number of likely N-dealkylation sites (tertiary alicyclic amines) is 1. The summed E-state index contributed by atoms with van der Waals surface area (Å²) in [6.45, 7) is 2.23. The van der Waals surface area contributed by atoms with Gasteiger partial charge in [-0.1, -0.05) is 30.3 Å². The largest absolute Gasteiger partial charge is 0.507 e. The van der Waals surface area contributed by atoms with Crippen LogP contribution < -0.4 is 0 Å². The fraction of sp³-hybridized carbons (Fsp3) is 0.172. The van der Waals surface area contributed by atoms with Crippen LogP contribution in [0.4, 0.5) is 0 Å². The molecule has 0 spiro atoms. The Kier molecular flexibility index (Phi) is 6.31. The summed E-state index contributed by atoms with van der Waals surface area (Å²) in [5, 5.41) is 12.2. The lowest BCUT2D eigenvalue weighted by Gasteiger charge is -2.25. The van der Waals surface area contributed by atoms with Crippen molar-refractivity contribution in [2.75, 3.05) is 13.7 Å². The molecule has 0 bridgehead atoms. The zero-order valence-corrected chi connectivity index (χ0v) is 20.4. The van der Waals surface area contributed by atoms with Gasteiger partial charge in [0.25, 0.3) is 11.7 Å². The van der Waals surface area contributed by atoms with Crippen molar-refractivity contribution in [1.29, 1.82) is 0 Å². The van der Waals surface area contributed by atoms with Gasteiger partial charge in [0.05, 0.1) is 24.3 Å². The number of aliphatic hydroxyl groups excluding tert-OH is 1. The highest BCUT2D eigenvalue weighted by Crippen LogP contribution is 2.39. The van der Waals surface area contributed by atoms with E-state index in [-0.39, 0.29) is 17.9 Å². The van der Waals surface area contributed by atoms with E-state index in [9.17, 15) is 19.5 Å². The molecule has 0 aliphatic carbocycles. The molecule has 2 aromatic heterocycles. The first kappa shape index (κ1) is 24.0. The van der Waals surface area contributed by atoms with Gasteiger partial charge in [-0.3, -0.25) is 14.6 Å². The lowest BCUT2D eigenvalue weighted by molar-refractivity contribution is -0.139. The predicted octanol–water partition coefficient (Wildman–Crippen LogP) is 4.32. The standard InChI is InChI=1S/C29H25N3O5/c1-17-21(22-7-3-4-8-23(22)31-17)13-15-32-25(18-9-11-19(12-10-18)29(36)37-2)24(27(34)28(32)35)26(33)20-6-5-14-30-16-20/h3-12,14,16,25,31,33H,13,15H2,1-2H3/b26-24+. The molecule has 1 amide bonds. The molecule has 1 aliphatic rings. The fourth-order valence-corrected chi connectivity index (χ4v) is 4.92. The molecule has 4 aromatic rings. The minimum Gasteiger partial charge on any atom is -0.507 e. The van der Waals surface area contributed by atoms with Gasteiger partial charge in [-0.15, -0.1) is 0 Å². The Bertz CT molecular complexity index is 1540. The molecular weight excluding hydrogens is 470 g/mol. The molecule has 2 N–H and O–H groups in total. The SMILES string of the molecule is COC(=O)c1ccc(C2/C(=C(\O)c3cccnc3)C(=O)C(=O)N2CCc2c(C)[nH]c3ccccc23)cc1. The van der Waals surface area contributed by atoms with E-state index < -0.39 is 23.7 Å². The van der Waals surface area contributed by atoms with Crippen molar-refractivity contribution in [2.24, 2.45) is 0 Å². The molecule has 1 aliphatic heterocycles. The van der Waals surface area contributed by atoms with Crippen molar-refractivity contribution >= 4 is 34.3 Å². The molecule has 1 fully saturated rings. The highest BCUT2D eigenvalue weighted by Gasteiger charge is 2.46. The lowest BCUT2D eigenvalue weighted by atomic mass is 9.95. The minimum absolute atomic E-state index is 0.0144. The first-order valence-corrected chi connectivity index (χ1v) is 11.8. The first-order valence-electron chi connectivity index (χ1n) is 11.8. The van der Waals surface area contributed by atoms with E-state index >= 15 is 0 Å². The number of rotatable bonds is 6. The van der Waals surface area contributed by atoms with Crippen molar-refractivity contribution in [3.8, 4) is 0 Å². The summed E-state index contributed by atoms with van der Waals surface area (Å²) >= 11 is 0. The molecule has 3 heterocycles. The molecular formula is C29H25N3O5. The van der Waals surface area contributed by atoms with Gasteiger partial charge < -0.3 is 19.7 Å². The molecule has 8 heteroatoms. The molecule has 186 valence electrons. The highest BCUT2D eigenvalue weighted by molar-refractivity contribution is 6.46. The van der Waals surface area contributed by atoms with Crippen LogP contribution in [0.2, 0.25) is 0 Å². The number of para-hydroxylation sites is 1. The Morgan fingerprint density at radius 1 is 1.05 bits per heavy atom. The lowest BCUT2D eigenvalue weighted by Crippen LogP contribution is -2.31. The number of aromatic nitrogens is 2.